The molecule has 3 N–H and O–H groups in total. The molecule has 3 aromatic rings. The Balaban J connectivity index is 1.58. The molecule has 38 heavy (non-hydrogen) atoms. The molecule has 0 radical (unpaired) electrons. The highest BCUT2D eigenvalue weighted by Gasteiger charge is 2.46. The van der Waals surface area contributed by atoms with Crippen molar-refractivity contribution >= 4 is 11.7 Å². The number of methoxy groups -OCH3 is 2. The second-order valence-corrected chi connectivity index (χ2v) is 9.45. The first-order chi connectivity index (χ1) is 18.2. The van der Waals surface area contributed by atoms with Crippen LogP contribution in [-0.2, 0) is 10.4 Å². The summed E-state index contributed by atoms with van der Waals surface area (Å²) in [5.41, 5.74) is 6.28. The largest absolute Gasteiger partial charge is 0.494 e. The van der Waals surface area contributed by atoms with Crippen LogP contribution in [0, 0.1) is 18.7 Å². The SMILES string of the molecule is COc1cc(C(=O)CCC(O)(c2ccc(OC)c(-c3ccc(F)c(C)c3)n2)C2CC2)ccc1OCC(N)=O. The van der Waals surface area contributed by atoms with Crippen LogP contribution >= 0.6 is 0 Å². The van der Waals surface area contributed by atoms with Crippen LogP contribution in [0.25, 0.3) is 11.3 Å². The van der Waals surface area contributed by atoms with E-state index in [1.165, 1.54) is 26.4 Å². The van der Waals surface area contributed by atoms with Crippen LogP contribution in [0.2, 0.25) is 0 Å². The summed E-state index contributed by atoms with van der Waals surface area (Å²) in [4.78, 5) is 28.9. The Hall–Kier alpha value is -3.98. The van der Waals surface area contributed by atoms with Gasteiger partial charge in [0, 0.05) is 17.5 Å². The van der Waals surface area contributed by atoms with Crippen molar-refractivity contribution in [2.45, 2.75) is 38.2 Å². The van der Waals surface area contributed by atoms with E-state index in [4.69, 9.17) is 24.9 Å². The third-order valence-corrected chi connectivity index (χ3v) is 6.79. The summed E-state index contributed by atoms with van der Waals surface area (Å²) in [6.45, 7) is 1.36. The van der Waals surface area contributed by atoms with Gasteiger partial charge >= 0.3 is 0 Å². The Labute approximate surface area is 220 Å². The summed E-state index contributed by atoms with van der Waals surface area (Å²) in [5, 5.41) is 11.8. The third kappa shape index (κ3) is 5.78. The van der Waals surface area contributed by atoms with Crippen LogP contribution in [-0.4, -0.2) is 42.6 Å². The summed E-state index contributed by atoms with van der Waals surface area (Å²) in [5.74, 6) is -0.0733. The number of nitrogens with zero attached hydrogens (tertiary/aromatic N) is 1. The lowest BCUT2D eigenvalue weighted by Crippen LogP contribution is -2.30. The fourth-order valence-electron chi connectivity index (χ4n) is 4.51. The molecule has 8 nitrogen and oxygen atoms in total. The molecule has 1 aliphatic rings. The molecule has 1 aromatic heterocycles. The van der Waals surface area contributed by atoms with E-state index in [2.05, 4.69) is 0 Å². The number of hydrogen-bond donors (Lipinski definition) is 2. The standard InChI is InChI=1S/C29H31FN2O6/c1-17-14-19(4-8-21(17)30)28-24(36-2)10-11-26(32-28)29(35,20-6-7-20)13-12-22(33)18-5-9-23(25(15-18)37-3)38-16-27(31)34/h4-5,8-11,14-15,20,35H,6-7,12-13,16H2,1-3H3,(H2,31,34). The number of pyridine rings is 1. The number of aliphatic hydroxyl groups is 1. The molecule has 1 amide bonds. The summed E-state index contributed by atoms with van der Waals surface area (Å²) in [7, 11) is 2.96. The van der Waals surface area contributed by atoms with Crippen molar-refractivity contribution in [2.75, 3.05) is 20.8 Å². The number of aryl methyl sites for hydroxylation is 1. The molecule has 2 aromatic carbocycles. The number of aromatic nitrogens is 1. The van der Waals surface area contributed by atoms with Crippen LogP contribution < -0.4 is 19.9 Å². The number of primary amides is 1. The van der Waals surface area contributed by atoms with E-state index in [0.717, 1.165) is 12.8 Å². The van der Waals surface area contributed by atoms with Crippen LogP contribution in [0.5, 0.6) is 17.2 Å². The fourth-order valence-corrected chi connectivity index (χ4v) is 4.51. The van der Waals surface area contributed by atoms with Gasteiger partial charge < -0.3 is 25.1 Å². The molecular formula is C29H31FN2O6. The van der Waals surface area contributed by atoms with E-state index in [0.29, 0.717) is 45.3 Å². The van der Waals surface area contributed by atoms with Crippen molar-refractivity contribution < 1.29 is 33.3 Å². The minimum atomic E-state index is -1.32. The van der Waals surface area contributed by atoms with Gasteiger partial charge in [0.25, 0.3) is 5.91 Å². The molecule has 1 aliphatic carbocycles. The molecule has 1 heterocycles. The number of benzene rings is 2. The van der Waals surface area contributed by atoms with Gasteiger partial charge in [-0.3, -0.25) is 9.59 Å². The van der Waals surface area contributed by atoms with E-state index in [1.807, 2.05) is 0 Å². The number of carbonyl (C=O) groups excluding carboxylic acids is 2. The van der Waals surface area contributed by atoms with Crippen molar-refractivity contribution in [3.63, 3.8) is 0 Å². The van der Waals surface area contributed by atoms with Gasteiger partial charge in [-0.2, -0.15) is 0 Å². The number of rotatable bonds is 12. The highest BCUT2D eigenvalue weighted by molar-refractivity contribution is 5.96. The van der Waals surface area contributed by atoms with Gasteiger partial charge in [0.1, 0.15) is 22.9 Å². The molecule has 0 saturated heterocycles. The molecule has 0 aliphatic heterocycles. The summed E-state index contributed by atoms with van der Waals surface area (Å²) < 4.78 is 30.0. The molecule has 1 atom stereocenters. The molecule has 1 unspecified atom stereocenters. The Morgan fingerprint density at radius 1 is 1.05 bits per heavy atom. The highest BCUT2D eigenvalue weighted by atomic mass is 19.1. The Kier molecular flexibility index (Phi) is 7.97. The van der Waals surface area contributed by atoms with E-state index >= 15 is 0 Å². The maximum Gasteiger partial charge on any atom is 0.255 e. The minimum absolute atomic E-state index is 0.0295. The van der Waals surface area contributed by atoms with Crippen LogP contribution in [0.4, 0.5) is 4.39 Å². The Morgan fingerprint density at radius 3 is 2.39 bits per heavy atom. The predicted octanol–water partition coefficient (Wildman–Crippen LogP) is 4.34. The van der Waals surface area contributed by atoms with Crippen molar-refractivity contribution in [2.24, 2.45) is 11.7 Å². The number of Topliss-reactive ketones (excluding diaryl/α,β-unsaturated/α-hetero) is 1. The molecule has 9 heteroatoms. The third-order valence-electron chi connectivity index (χ3n) is 6.79. The quantitative estimate of drug-likeness (QED) is 0.340. The highest BCUT2D eigenvalue weighted by Crippen LogP contribution is 2.49. The first kappa shape index (κ1) is 27.1. The Bertz CT molecular complexity index is 1360. The van der Waals surface area contributed by atoms with E-state index in [9.17, 15) is 19.1 Å². The maximum absolute atomic E-state index is 13.9. The monoisotopic (exact) mass is 522 g/mol. The number of hydrogen-bond acceptors (Lipinski definition) is 7. The minimum Gasteiger partial charge on any atom is -0.494 e. The van der Waals surface area contributed by atoms with Crippen molar-refractivity contribution in [1.29, 1.82) is 0 Å². The van der Waals surface area contributed by atoms with E-state index in [1.54, 1.807) is 43.3 Å². The molecule has 0 bridgehead atoms. The number of nitrogens with two attached hydrogens (primary N) is 1. The molecule has 0 spiro atoms. The molecule has 1 fully saturated rings. The van der Waals surface area contributed by atoms with Crippen molar-refractivity contribution in [1.82, 2.24) is 4.98 Å². The second-order valence-electron chi connectivity index (χ2n) is 9.45. The average molecular weight is 523 g/mol. The van der Waals surface area contributed by atoms with Gasteiger partial charge in [-0.15, -0.1) is 0 Å². The Morgan fingerprint density at radius 2 is 1.76 bits per heavy atom. The lowest BCUT2D eigenvalue weighted by atomic mass is 9.86. The van der Waals surface area contributed by atoms with Gasteiger partial charge in [0.05, 0.1) is 19.9 Å². The molecular weight excluding hydrogens is 491 g/mol. The smallest absolute Gasteiger partial charge is 0.255 e. The van der Waals surface area contributed by atoms with Gasteiger partial charge in [0.2, 0.25) is 0 Å². The number of halogens is 1. The lowest BCUT2D eigenvalue weighted by Gasteiger charge is -2.28. The van der Waals surface area contributed by atoms with E-state index in [-0.39, 0.29) is 37.0 Å². The number of amides is 1. The molecule has 200 valence electrons. The zero-order valence-electron chi connectivity index (χ0n) is 21.6. The number of ketones is 1. The van der Waals surface area contributed by atoms with Gasteiger partial charge in [-0.25, -0.2) is 9.37 Å². The molecule has 4 rings (SSSR count). The van der Waals surface area contributed by atoms with Crippen LogP contribution in [0.1, 0.15) is 47.3 Å². The maximum atomic E-state index is 13.9. The van der Waals surface area contributed by atoms with Gasteiger partial charge in [-0.1, -0.05) is 0 Å². The predicted molar refractivity (Wildman–Crippen MR) is 139 cm³/mol. The number of carbonyl (C=O) groups is 2. The van der Waals surface area contributed by atoms with Crippen molar-refractivity contribution in [3.8, 4) is 28.5 Å². The van der Waals surface area contributed by atoms with Crippen molar-refractivity contribution in [3.05, 3.63) is 71.2 Å². The average Bonchev–Trinajstić information content (AvgIpc) is 3.77. The first-order valence-corrected chi connectivity index (χ1v) is 12.3. The second kappa shape index (κ2) is 11.2. The normalized spacial score (nSPS) is 14.4. The number of ether oxygens (including phenoxy) is 3. The lowest BCUT2D eigenvalue weighted by molar-refractivity contribution is -0.119. The van der Waals surface area contributed by atoms with Crippen LogP contribution in [0.15, 0.2) is 48.5 Å². The van der Waals surface area contributed by atoms with Gasteiger partial charge in [0.15, 0.2) is 23.9 Å². The summed E-state index contributed by atoms with van der Waals surface area (Å²) >= 11 is 0. The zero-order chi connectivity index (χ0) is 27.4. The summed E-state index contributed by atoms with van der Waals surface area (Å²) in [6, 6.07) is 12.8. The fraction of sp³-hybridized carbons (Fsp3) is 0.345. The first-order valence-electron chi connectivity index (χ1n) is 12.3. The summed E-state index contributed by atoms with van der Waals surface area (Å²) in [6.07, 6.45) is 1.88. The zero-order valence-corrected chi connectivity index (χ0v) is 21.6. The molecule has 1 saturated carbocycles. The van der Waals surface area contributed by atoms with E-state index < -0.39 is 11.5 Å². The topological polar surface area (TPSA) is 121 Å². The van der Waals surface area contributed by atoms with Crippen LogP contribution in [0.3, 0.4) is 0 Å². The van der Waals surface area contributed by atoms with Gasteiger partial charge in [-0.05, 0) is 86.2 Å².